The summed E-state index contributed by atoms with van der Waals surface area (Å²) in [6.07, 6.45) is 4.57. The van der Waals surface area contributed by atoms with E-state index in [4.69, 9.17) is 4.74 Å². The van der Waals surface area contributed by atoms with E-state index in [0.717, 1.165) is 19.3 Å². The van der Waals surface area contributed by atoms with Crippen LogP contribution < -0.4 is 0 Å². The third kappa shape index (κ3) is 4.52. The molecule has 1 N–H and O–H groups in total. The van der Waals surface area contributed by atoms with Crippen molar-refractivity contribution >= 4 is 5.97 Å². The molecular weight excluding hydrogens is 312 g/mol. The third-order valence-electron chi connectivity index (χ3n) is 5.74. The Labute approximate surface area is 152 Å². The van der Waals surface area contributed by atoms with Crippen molar-refractivity contribution in [3.63, 3.8) is 0 Å². The summed E-state index contributed by atoms with van der Waals surface area (Å²) < 4.78 is 5.86. The van der Waals surface area contributed by atoms with E-state index in [2.05, 4.69) is 51.6 Å². The largest absolute Gasteiger partial charge is 0.460 e. The van der Waals surface area contributed by atoms with Crippen molar-refractivity contribution in [1.82, 2.24) is 0 Å². The zero-order chi connectivity index (χ0) is 18.7. The van der Waals surface area contributed by atoms with Gasteiger partial charge in [0.1, 0.15) is 6.10 Å². The Morgan fingerprint density at radius 1 is 1.28 bits per heavy atom. The van der Waals surface area contributed by atoms with E-state index in [1.807, 2.05) is 6.07 Å². The highest BCUT2D eigenvalue weighted by molar-refractivity contribution is 5.79. The molecular formula is C22H32O3. The van der Waals surface area contributed by atoms with Crippen LogP contribution in [0.25, 0.3) is 0 Å². The molecule has 3 heteroatoms. The summed E-state index contributed by atoms with van der Waals surface area (Å²) in [5.74, 6) is 0.208. The molecule has 0 radical (unpaired) electrons. The highest BCUT2D eigenvalue weighted by Gasteiger charge is 2.43. The van der Waals surface area contributed by atoms with Crippen LogP contribution in [0, 0.1) is 11.8 Å². The van der Waals surface area contributed by atoms with Crippen molar-refractivity contribution in [3.8, 4) is 0 Å². The summed E-state index contributed by atoms with van der Waals surface area (Å²) >= 11 is 0. The van der Waals surface area contributed by atoms with Gasteiger partial charge in [-0.3, -0.25) is 0 Å². The van der Waals surface area contributed by atoms with Crippen LogP contribution in [0.3, 0.4) is 0 Å². The molecule has 1 aromatic carbocycles. The molecule has 1 aromatic rings. The smallest absolute Gasteiger partial charge is 0.338 e. The van der Waals surface area contributed by atoms with E-state index in [0.29, 0.717) is 5.92 Å². The van der Waals surface area contributed by atoms with E-state index in [9.17, 15) is 9.90 Å². The first kappa shape index (κ1) is 19.7. The maximum Gasteiger partial charge on any atom is 0.338 e. The molecule has 2 rings (SSSR count). The fourth-order valence-electron chi connectivity index (χ4n) is 4.00. The molecule has 1 aliphatic carbocycles. The van der Waals surface area contributed by atoms with Crippen molar-refractivity contribution in [2.75, 3.05) is 0 Å². The highest BCUT2D eigenvalue weighted by Crippen LogP contribution is 2.43. The zero-order valence-corrected chi connectivity index (χ0v) is 16.0. The second kappa shape index (κ2) is 7.74. The van der Waals surface area contributed by atoms with Gasteiger partial charge < -0.3 is 9.84 Å². The van der Waals surface area contributed by atoms with Crippen molar-refractivity contribution in [2.45, 2.75) is 70.5 Å². The third-order valence-corrected chi connectivity index (χ3v) is 5.74. The standard InChI is InChI=1S/C22H32O3/c1-6-14-22(5,24)20(23)25-19-15-16(2)12-13-18(19)21(3,4)17-10-8-7-9-11-17/h6-11,16,18-19,24H,1,12-15H2,2-5H3/t16-,18-,19-,22+/m1/s1. The molecule has 1 saturated carbocycles. The number of rotatable bonds is 6. The molecule has 0 bridgehead atoms. The van der Waals surface area contributed by atoms with E-state index in [-0.39, 0.29) is 23.9 Å². The lowest BCUT2D eigenvalue weighted by molar-refractivity contribution is -0.176. The van der Waals surface area contributed by atoms with Gasteiger partial charge >= 0.3 is 5.97 Å². The van der Waals surface area contributed by atoms with Gasteiger partial charge in [0, 0.05) is 12.3 Å². The summed E-state index contributed by atoms with van der Waals surface area (Å²) in [4.78, 5) is 12.5. The number of hydrogen-bond acceptors (Lipinski definition) is 3. The van der Waals surface area contributed by atoms with Gasteiger partial charge in [0.25, 0.3) is 0 Å². The van der Waals surface area contributed by atoms with Gasteiger partial charge in [-0.15, -0.1) is 6.58 Å². The quantitative estimate of drug-likeness (QED) is 0.604. The second-order valence-electron chi connectivity index (χ2n) is 8.32. The van der Waals surface area contributed by atoms with Gasteiger partial charge in [-0.2, -0.15) is 0 Å². The Bertz CT molecular complexity index is 589. The SMILES string of the molecule is C=CC[C@](C)(O)C(=O)O[C@@H]1C[C@H](C)CC[C@H]1C(C)(C)c1ccccc1. The van der Waals surface area contributed by atoms with Crippen molar-refractivity contribution in [1.29, 1.82) is 0 Å². The predicted molar refractivity (Wildman–Crippen MR) is 101 cm³/mol. The van der Waals surface area contributed by atoms with Crippen LogP contribution in [0.2, 0.25) is 0 Å². The van der Waals surface area contributed by atoms with Gasteiger partial charge in [-0.1, -0.05) is 63.6 Å². The molecule has 25 heavy (non-hydrogen) atoms. The maximum atomic E-state index is 12.5. The van der Waals surface area contributed by atoms with Crippen LogP contribution in [-0.2, 0) is 14.9 Å². The minimum Gasteiger partial charge on any atom is -0.460 e. The van der Waals surface area contributed by atoms with E-state index in [1.54, 1.807) is 6.08 Å². The summed E-state index contributed by atoms with van der Waals surface area (Å²) in [5, 5.41) is 10.3. The number of esters is 1. The molecule has 0 amide bonds. The predicted octanol–water partition coefficient (Wildman–Crippen LogP) is 4.64. The first-order chi connectivity index (χ1) is 11.7. The fraction of sp³-hybridized carbons (Fsp3) is 0.591. The first-order valence-corrected chi connectivity index (χ1v) is 9.28. The topological polar surface area (TPSA) is 46.5 Å². The Morgan fingerprint density at radius 3 is 2.52 bits per heavy atom. The molecule has 0 aromatic heterocycles. The van der Waals surface area contributed by atoms with Crippen LogP contribution >= 0.6 is 0 Å². The number of aliphatic hydroxyl groups is 1. The van der Waals surface area contributed by atoms with Crippen molar-refractivity contribution in [2.24, 2.45) is 11.8 Å². The second-order valence-corrected chi connectivity index (χ2v) is 8.32. The van der Waals surface area contributed by atoms with Crippen molar-refractivity contribution < 1.29 is 14.6 Å². The van der Waals surface area contributed by atoms with E-state index in [1.165, 1.54) is 12.5 Å². The number of carbonyl (C=O) groups excluding carboxylic acids is 1. The average molecular weight is 344 g/mol. The van der Waals surface area contributed by atoms with Crippen LogP contribution in [0.5, 0.6) is 0 Å². The molecule has 0 heterocycles. The number of benzene rings is 1. The van der Waals surface area contributed by atoms with Crippen LogP contribution in [-0.4, -0.2) is 22.8 Å². The van der Waals surface area contributed by atoms with Gasteiger partial charge in [0.2, 0.25) is 0 Å². The van der Waals surface area contributed by atoms with Crippen LogP contribution in [0.15, 0.2) is 43.0 Å². The Hall–Kier alpha value is -1.61. The summed E-state index contributed by atoms with van der Waals surface area (Å²) in [7, 11) is 0. The van der Waals surface area contributed by atoms with Gasteiger partial charge in [0.15, 0.2) is 5.60 Å². The molecule has 0 spiro atoms. The highest BCUT2D eigenvalue weighted by atomic mass is 16.6. The normalized spacial score (nSPS) is 26.5. The molecule has 0 unspecified atom stereocenters. The number of carbonyl (C=O) groups is 1. The minimum absolute atomic E-state index is 0.101. The Balaban J connectivity index is 2.23. The lowest BCUT2D eigenvalue weighted by Gasteiger charge is -2.44. The van der Waals surface area contributed by atoms with E-state index >= 15 is 0 Å². The first-order valence-electron chi connectivity index (χ1n) is 9.28. The lowest BCUT2D eigenvalue weighted by atomic mass is 9.64. The lowest BCUT2D eigenvalue weighted by Crippen LogP contribution is -2.47. The zero-order valence-electron chi connectivity index (χ0n) is 16.0. The van der Waals surface area contributed by atoms with E-state index < -0.39 is 11.6 Å². The molecule has 138 valence electrons. The summed E-state index contributed by atoms with van der Waals surface area (Å²) in [6.45, 7) is 11.8. The maximum absolute atomic E-state index is 12.5. The van der Waals surface area contributed by atoms with Crippen LogP contribution in [0.1, 0.15) is 58.9 Å². The van der Waals surface area contributed by atoms with Crippen LogP contribution in [0.4, 0.5) is 0 Å². The Kier molecular flexibility index (Phi) is 6.10. The molecule has 1 fully saturated rings. The molecule has 4 atom stereocenters. The monoisotopic (exact) mass is 344 g/mol. The molecule has 0 saturated heterocycles. The summed E-state index contributed by atoms with van der Waals surface area (Å²) in [6, 6.07) is 10.4. The van der Waals surface area contributed by atoms with Gasteiger partial charge in [-0.05, 0) is 36.7 Å². The van der Waals surface area contributed by atoms with Gasteiger partial charge in [0.05, 0.1) is 0 Å². The minimum atomic E-state index is -1.51. The molecule has 3 nitrogen and oxygen atoms in total. The number of hydrogen-bond donors (Lipinski definition) is 1. The molecule has 1 aliphatic rings. The molecule has 0 aliphatic heterocycles. The summed E-state index contributed by atoms with van der Waals surface area (Å²) in [5.41, 5.74) is -0.353. The number of ether oxygens (including phenoxy) is 1. The van der Waals surface area contributed by atoms with Crippen molar-refractivity contribution in [3.05, 3.63) is 48.6 Å². The Morgan fingerprint density at radius 2 is 1.92 bits per heavy atom. The van der Waals surface area contributed by atoms with Gasteiger partial charge in [-0.25, -0.2) is 4.79 Å². The fourth-order valence-corrected chi connectivity index (χ4v) is 4.00. The average Bonchev–Trinajstić information content (AvgIpc) is 2.55.